The van der Waals surface area contributed by atoms with Gasteiger partial charge in [0, 0.05) is 6.07 Å². The summed E-state index contributed by atoms with van der Waals surface area (Å²) in [7, 11) is 0. The van der Waals surface area contributed by atoms with Crippen LogP contribution in [-0.2, 0) is 0 Å². The van der Waals surface area contributed by atoms with Crippen LogP contribution in [0.1, 0.15) is 11.6 Å². The molecule has 0 radical (unpaired) electrons. The molecule has 0 unspecified atom stereocenters. The lowest BCUT2D eigenvalue weighted by molar-refractivity contribution is 0.276. The number of anilines is 3. The number of rotatable bonds is 7. The van der Waals surface area contributed by atoms with E-state index in [1.807, 2.05) is 12.3 Å². The number of aromatic nitrogens is 4. The van der Waals surface area contributed by atoms with Crippen LogP contribution < -0.4 is 10.6 Å². The van der Waals surface area contributed by atoms with Gasteiger partial charge in [-0.25, -0.2) is 9.37 Å². The molecule has 26 heavy (non-hydrogen) atoms. The Labute approximate surface area is 158 Å². The Kier molecular flexibility index (Phi) is 5.92. The van der Waals surface area contributed by atoms with Crippen LogP contribution in [0, 0.1) is 5.82 Å². The number of H-pyrrole nitrogens is 1. The molecule has 0 aliphatic heterocycles. The summed E-state index contributed by atoms with van der Waals surface area (Å²) in [5.74, 6) is 0.947. The van der Waals surface area contributed by atoms with E-state index in [1.54, 1.807) is 12.1 Å². The molecule has 0 spiro atoms. The summed E-state index contributed by atoms with van der Waals surface area (Å²) >= 11 is 7.65. The van der Waals surface area contributed by atoms with Gasteiger partial charge in [0.05, 0.1) is 18.8 Å². The highest BCUT2D eigenvalue weighted by molar-refractivity contribution is 7.98. The molecule has 3 aromatic rings. The first-order valence-electron chi connectivity index (χ1n) is 7.61. The van der Waals surface area contributed by atoms with E-state index in [-0.39, 0.29) is 18.4 Å². The largest absolute Gasteiger partial charge is 0.394 e. The van der Waals surface area contributed by atoms with Crippen LogP contribution in [0.25, 0.3) is 0 Å². The number of halogens is 2. The van der Waals surface area contributed by atoms with Crippen LogP contribution in [-0.4, -0.2) is 38.1 Å². The first-order valence-corrected chi connectivity index (χ1v) is 9.21. The molecule has 0 amide bonds. The number of aliphatic hydroxyl groups excluding tert-OH is 1. The van der Waals surface area contributed by atoms with Crippen molar-refractivity contribution in [3.05, 3.63) is 52.9 Å². The zero-order valence-electron chi connectivity index (χ0n) is 13.7. The van der Waals surface area contributed by atoms with Gasteiger partial charge < -0.3 is 15.7 Å². The minimum absolute atomic E-state index is 0.210. The summed E-state index contributed by atoms with van der Waals surface area (Å²) in [6.07, 6.45) is 3.37. The number of hydrogen-bond donors (Lipinski definition) is 4. The van der Waals surface area contributed by atoms with Crippen molar-refractivity contribution in [1.29, 1.82) is 0 Å². The van der Waals surface area contributed by atoms with E-state index in [0.29, 0.717) is 22.2 Å². The molecule has 7 nitrogen and oxygen atoms in total. The Morgan fingerprint density at radius 2 is 2.12 bits per heavy atom. The number of aromatic amines is 1. The average molecular weight is 395 g/mol. The van der Waals surface area contributed by atoms with E-state index in [4.69, 9.17) is 11.6 Å². The molecule has 0 bridgehead atoms. The summed E-state index contributed by atoms with van der Waals surface area (Å²) in [5.41, 5.74) is 0.708. The van der Waals surface area contributed by atoms with Crippen molar-refractivity contribution in [2.24, 2.45) is 0 Å². The fourth-order valence-electron chi connectivity index (χ4n) is 2.21. The summed E-state index contributed by atoms with van der Waals surface area (Å²) < 4.78 is 13.1. The zero-order valence-corrected chi connectivity index (χ0v) is 15.3. The third-order valence-corrected chi connectivity index (χ3v) is 4.42. The highest BCUT2D eigenvalue weighted by Crippen LogP contribution is 2.26. The van der Waals surface area contributed by atoms with Gasteiger partial charge in [0.1, 0.15) is 21.7 Å². The maximum Gasteiger partial charge on any atom is 0.225 e. The van der Waals surface area contributed by atoms with Gasteiger partial charge in [-0.05, 0) is 24.0 Å². The summed E-state index contributed by atoms with van der Waals surface area (Å²) in [4.78, 5) is 8.45. The van der Waals surface area contributed by atoms with Crippen molar-refractivity contribution in [2.45, 2.75) is 11.1 Å². The van der Waals surface area contributed by atoms with Gasteiger partial charge in [-0.15, -0.1) is 11.8 Å². The molecule has 0 saturated heterocycles. The Bertz CT molecular complexity index is 875. The Morgan fingerprint density at radius 1 is 1.35 bits per heavy atom. The topological polar surface area (TPSA) is 98.8 Å². The van der Waals surface area contributed by atoms with Gasteiger partial charge in [-0.2, -0.15) is 10.1 Å². The van der Waals surface area contributed by atoms with Gasteiger partial charge in [0.15, 0.2) is 5.82 Å². The molecule has 0 aliphatic rings. The standard InChI is InChI=1S/C16H16ClFN6OS/c1-26-14-6-13(23-24-14)21-15-11(17)7-19-16(22-15)20-12(8-25)9-2-4-10(18)5-3-9/h2-7,12,25H,8H2,1H3,(H3,19,20,21,22,23,24)/t12-/m0/s1. The molecular formula is C16H16ClFN6OS. The van der Waals surface area contributed by atoms with Crippen molar-refractivity contribution < 1.29 is 9.50 Å². The fourth-order valence-corrected chi connectivity index (χ4v) is 2.72. The number of thioether (sulfide) groups is 1. The molecule has 0 aliphatic carbocycles. The van der Waals surface area contributed by atoms with E-state index in [1.165, 1.54) is 30.1 Å². The normalized spacial score (nSPS) is 12.0. The minimum atomic E-state index is -0.486. The summed E-state index contributed by atoms with van der Waals surface area (Å²) in [6.45, 7) is -0.210. The van der Waals surface area contributed by atoms with Gasteiger partial charge in [0.25, 0.3) is 0 Å². The van der Waals surface area contributed by atoms with E-state index >= 15 is 0 Å². The zero-order chi connectivity index (χ0) is 18.5. The lowest BCUT2D eigenvalue weighted by atomic mass is 10.1. The number of nitrogens with zero attached hydrogens (tertiary/aromatic N) is 3. The molecule has 2 aromatic heterocycles. The van der Waals surface area contributed by atoms with Crippen LogP contribution in [0.5, 0.6) is 0 Å². The lowest BCUT2D eigenvalue weighted by Crippen LogP contribution is -2.17. The first-order chi connectivity index (χ1) is 12.6. The highest BCUT2D eigenvalue weighted by atomic mass is 35.5. The molecule has 1 atom stereocenters. The highest BCUT2D eigenvalue weighted by Gasteiger charge is 2.14. The second-order valence-electron chi connectivity index (χ2n) is 5.27. The monoisotopic (exact) mass is 394 g/mol. The first kappa shape index (κ1) is 18.4. The SMILES string of the molecule is CSc1cc(Nc2nc(N[C@@H](CO)c3ccc(F)cc3)ncc2Cl)[nH]n1. The van der Waals surface area contributed by atoms with Crippen molar-refractivity contribution in [2.75, 3.05) is 23.5 Å². The van der Waals surface area contributed by atoms with Crippen LogP contribution in [0.4, 0.5) is 22.0 Å². The van der Waals surface area contributed by atoms with Gasteiger partial charge in [-0.1, -0.05) is 23.7 Å². The van der Waals surface area contributed by atoms with E-state index in [0.717, 1.165) is 5.03 Å². The quantitative estimate of drug-likeness (QED) is 0.454. The number of aliphatic hydroxyl groups is 1. The van der Waals surface area contributed by atoms with Gasteiger partial charge in [0.2, 0.25) is 5.95 Å². The van der Waals surface area contributed by atoms with Crippen LogP contribution in [0.2, 0.25) is 5.02 Å². The Hall–Kier alpha value is -2.36. The number of nitrogens with one attached hydrogen (secondary N) is 3. The predicted molar refractivity (Wildman–Crippen MR) is 101 cm³/mol. The minimum Gasteiger partial charge on any atom is -0.394 e. The summed E-state index contributed by atoms with van der Waals surface area (Å²) in [5, 5.41) is 23.8. The third kappa shape index (κ3) is 4.43. The molecular weight excluding hydrogens is 379 g/mol. The van der Waals surface area contributed by atoms with E-state index < -0.39 is 6.04 Å². The van der Waals surface area contributed by atoms with E-state index in [9.17, 15) is 9.50 Å². The number of benzene rings is 1. The second kappa shape index (κ2) is 8.35. The van der Waals surface area contributed by atoms with Crippen molar-refractivity contribution in [3.63, 3.8) is 0 Å². The molecule has 1 aromatic carbocycles. The second-order valence-corrected chi connectivity index (χ2v) is 6.50. The smallest absolute Gasteiger partial charge is 0.225 e. The molecule has 136 valence electrons. The Morgan fingerprint density at radius 3 is 2.77 bits per heavy atom. The molecule has 2 heterocycles. The van der Waals surface area contributed by atoms with Crippen LogP contribution >= 0.6 is 23.4 Å². The molecule has 0 saturated carbocycles. The van der Waals surface area contributed by atoms with Gasteiger partial charge >= 0.3 is 0 Å². The van der Waals surface area contributed by atoms with Crippen molar-refractivity contribution >= 4 is 40.9 Å². The number of hydrogen-bond acceptors (Lipinski definition) is 7. The van der Waals surface area contributed by atoms with Crippen molar-refractivity contribution in [1.82, 2.24) is 20.2 Å². The van der Waals surface area contributed by atoms with Gasteiger partial charge in [-0.3, -0.25) is 5.10 Å². The van der Waals surface area contributed by atoms with Crippen LogP contribution in [0.15, 0.2) is 41.6 Å². The molecule has 0 fully saturated rings. The van der Waals surface area contributed by atoms with Crippen molar-refractivity contribution in [3.8, 4) is 0 Å². The average Bonchev–Trinajstić information content (AvgIpc) is 3.11. The maximum atomic E-state index is 13.1. The predicted octanol–water partition coefficient (Wildman–Crippen LogP) is 3.60. The third-order valence-electron chi connectivity index (χ3n) is 3.52. The Balaban J connectivity index is 1.78. The fraction of sp³-hybridized carbons (Fsp3) is 0.188. The molecule has 4 N–H and O–H groups in total. The molecule has 3 rings (SSSR count). The van der Waals surface area contributed by atoms with Crippen LogP contribution in [0.3, 0.4) is 0 Å². The lowest BCUT2D eigenvalue weighted by Gasteiger charge is -2.17. The summed E-state index contributed by atoms with van der Waals surface area (Å²) in [6, 6.07) is 7.18. The van der Waals surface area contributed by atoms with E-state index in [2.05, 4.69) is 30.8 Å². The molecule has 10 heteroatoms. The maximum absolute atomic E-state index is 13.1.